The first-order valence-electron chi connectivity index (χ1n) is 11.4. The van der Waals surface area contributed by atoms with E-state index >= 15 is 0 Å². The Bertz CT molecular complexity index is 999. The predicted octanol–water partition coefficient (Wildman–Crippen LogP) is 3.21. The topological polar surface area (TPSA) is 108 Å². The van der Waals surface area contributed by atoms with Gasteiger partial charge in [0.25, 0.3) is 5.91 Å². The molecule has 0 saturated heterocycles. The summed E-state index contributed by atoms with van der Waals surface area (Å²) in [6, 6.07) is 14.6. The van der Waals surface area contributed by atoms with Crippen LogP contribution in [0.4, 0.5) is 10.5 Å². The number of para-hydroxylation sites is 1. The van der Waals surface area contributed by atoms with Crippen LogP contribution in [0, 0.1) is 5.92 Å². The maximum Gasteiger partial charge on any atom is 0.321 e. The molecule has 4 rings (SSSR count). The minimum absolute atomic E-state index is 0.00598. The number of carboxylic acid groups (broad SMARTS) is 1. The Balaban J connectivity index is 1.17. The lowest BCUT2D eigenvalue weighted by molar-refractivity contribution is -0.143. The third-order valence-electron chi connectivity index (χ3n) is 6.26. The number of rotatable bonds is 7. The Morgan fingerprint density at radius 3 is 2.36 bits per heavy atom. The quantitative estimate of drug-likeness (QED) is 0.561. The molecule has 2 aromatic rings. The van der Waals surface area contributed by atoms with Crippen LogP contribution in [0.25, 0.3) is 0 Å². The van der Waals surface area contributed by atoms with Crippen LogP contribution < -0.4 is 20.3 Å². The first-order valence-corrected chi connectivity index (χ1v) is 11.4. The molecule has 174 valence electrons. The van der Waals surface area contributed by atoms with Gasteiger partial charge in [0, 0.05) is 30.9 Å². The summed E-state index contributed by atoms with van der Waals surface area (Å²) in [7, 11) is 0. The fraction of sp³-hybridized carbons (Fsp3) is 0.400. The second-order valence-corrected chi connectivity index (χ2v) is 8.47. The van der Waals surface area contributed by atoms with E-state index in [1.54, 1.807) is 29.2 Å². The molecule has 3 amide bonds. The van der Waals surface area contributed by atoms with Gasteiger partial charge in [-0.1, -0.05) is 18.2 Å². The van der Waals surface area contributed by atoms with Gasteiger partial charge in [-0.25, -0.2) is 4.79 Å². The lowest BCUT2D eigenvalue weighted by Crippen LogP contribution is -2.42. The van der Waals surface area contributed by atoms with E-state index in [-0.39, 0.29) is 24.0 Å². The smallest absolute Gasteiger partial charge is 0.321 e. The van der Waals surface area contributed by atoms with Gasteiger partial charge >= 0.3 is 12.0 Å². The van der Waals surface area contributed by atoms with Crippen molar-refractivity contribution in [2.24, 2.45) is 5.92 Å². The third-order valence-corrected chi connectivity index (χ3v) is 6.26. The van der Waals surface area contributed by atoms with Crippen molar-refractivity contribution in [2.45, 2.75) is 38.2 Å². The van der Waals surface area contributed by atoms with Crippen LogP contribution in [0.15, 0.2) is 48.5 Å². The fourth-order valence-electron chi connectivity index (χ4n) is 4.40. The van der Waals surface area contributed by atoms with Gasteiger partial charge in [-0.05, 0) is 68.0 Å². The van der Waals surface area contributed by atoms with Crippen LogP contribution in [-0.2, 0) is 11.2 Å². The number of ether oxygens (including phenoxy) is 1. The van der Waals surface area contributed by atoms with Crippen molar-refractivity contribution in [1.29, 1.82) is 0 Å². The van der Waals surface area contributed by atoms with Crippen molar-refractivity contribution < 1.29 is 24.2 Å². The predicted molar refractivity (Wildman–Crippen MR) is 124 cm³/mol. The van der Waals surface area contributed by atoms with Crippen molar-refractivity contribution in [3.8, 4) is 5.75 Å². The van der Waals surface area contributed by atoms with Crippen LogP contribution in [0.2, 0.25) is 0 Å². The van der Waals surface area contributed by atoms with E-state index in [0.717, 1.165) is 12.1 Å². The van der Waals surface area contributed by atoms with Gasteiger partial charge in [-0.3, -0.25) is 14.5 Å². The Labute approximate surface area is 192 Å². The van der Waals surface area contributed by atoms with Crippen LogP contribution in [-0.4, -0.2) is 48.8 Å². The number of carbonyl (C=O) groups excluding carboxylic acids is 2. The van der Waals surface area contributed by atoms with Crippen molar-refractivity contribution in [3.63, 3.8) is 0 Å². The fourth-order valence-corrected chi connectivity index (χ4v) is 4.40. The highest BCUT2D eigenvalue weighted by Gasteiger charge is 2.27. The number of nitrogens with one attached hydrogen (secondary N) is 2. The molecule has 3 N–H and O–H groups in total. The number of anilines is 1. The minimum atomic E-state index is -0.732. The summed E-state index contributed by atoms with van der Waals surface area (Å²) in [6.45, 7) is 1.32. The molecule has 1 aliphatic carbocycles. The number of fused-ring (bicyclic) bond motifs is 1. The Kier molecular flexibility index (Phi) is 7.12. The Hall–Kier alpha value is -3.55. The molecule has 33 heavy (non-hydrogen) atoms. The van der Waals surface area contributed by atoms with Crippen molar-refractivity contribution in [2.75, 3.05) is 24.5 Å². The van der Waals surface area contributed by atoms with Gasteiger partial charge in [-0.2, -0.15) is 0 Å². The molecule has 2 aliphatic rings. The molecule has 8 heteroatoms. The molecule has 2 aromatic carbocycles. The number of carboxylic acids is 1. The standard InChI is InChI=1S/C25H29N3O5/c29-23(26-14-15-27-25(32)28-16-13-17-3-1-2-4-22(17)28)18-5-9-20(10-6-18)33-21-11-7-19(8-12-21)24(30)31/h1-6,9-10,19,21H,7-8,11-16H2,(H,26,29)(H,27,32)(H,30,31). The highest BCUT2D eigenvalue weighted by molar-refractivity contribution is 5.95. The third kappa shape index (κ3) is 5.63. The number of hydrogen-bond donors (Lipinski definition) is 3. The van der Waals surface area contributed by atoms with Crippen LogP contribution >= 0.6 is 0 Å². The molecule has 0 aromatic heterocycles. The molecule has 0 atom stereocenters. The van der Waals surface area contributed by atoms with E-state index in [1.165, 1.54) is 5.56 Å². The second kappa shape index (κ2) is 10.4. The summed E-state index contributed by atoms with van der Waals surface area (Å²) in [5.74, 6) is -0.551. The monoisotopic (exact) mass is 451 g/mol. The van der Waals surface area contributed by atoms with Crippen molar-refractivity contribution in [1.82, 2.24) is 10.6 Å². The maximum absolute atomic E-state index is 12.4. The van der Waals surface area contributed by atoms with Crippen LogP contribution in [0.3, 0.4) is 0 Å². The average molecular weight is 452 g/mol. The highest BCUT2D eigenvalue weighted by Crippen LogP contribution is 2.28. The first kappa shape index (κ1) is 22.6. The zero-order chi connectivity index (χ0) is 23.2. The lowest BCUT2D eigenvalue weighted by Gasteiger charge is -2.26. The van der Waals surface area contributed by atoms with Gasteiger partial charge < -0.3 is 20.5 Å². The summed E-state index contributed by atoms with van der Waals surface area (Å²) in [6.07, 6.45) is 3.54. The number of nitrogens with zero attached hydrogens (tertiary/aromatic N) is 1. The number of carbonyl (C=O) groups is 3. The number of benzene rings is 2. The molecule has 0 spiro atoms. The summed E-state index contributed by atoms with van der Waals surface area (Å²) in [4.78, 5) is 37.6. The average Bonchev–Trinajstić information content (AvgIpc) is 3.27. The summed E-state index contributed by atoms with van der Waals surface area (Å²) < 4.78 is 5.94. The van der Waals surface area contributed by atoms with Crippen LogP contribution in [0.1, 0.15) is 41.6 Å². The number of hydrogen-bond acceptors (Lipinski definition) is 4. The van der Waals surface area contributed by atoms with E-state index in [1.807, 2.05) is 24.3 Å². The Morgan fingerprint density at radius 2 is 1.64 bits per heavy atom. The van der Waals surface area contributed by atoms with Gasteiger partial charge in [0.1, 0.15) is 5.75 Å². The summed E-state index contributed by atoms with van der Waals surface area (Å²) in [5.41, 5.74) is 2.62. The molecule has 1 saturated carbocycles. The maximum atomic E-state index is 12.4. The molecule has 1 heterocycles. The first-order chi connectivity index (χ1) is 16.0. The van der Waals surface area contributed by atoms with E-state index in [0.29, 0.717) is 56.6 Å². The van der Waals surface area contributed by atoms with Crippen molar-refractivity contribution >= 4 is 23.6 Å². The molecule has 1 fully saturated rings. The Morgan fingerprint density at radius 1 is 0.939 bits per heavy atom. The molecule has 0 bridgehead atoms. The summed E-state index contributed by atoms with van der Waals surface area (Å²) in [5, 5.41) is 14.7. The molecular formula is C25H29N3O5. The second-order valence-electron chi connectivity index (χ2n) is 8.47. The van der Waals surface area contributed by atoms with Gasteiger partial charge in [0.05, 0.1) is 12.0 Å². The summed E-state index contributed by atoms with van der Waals surface area (Å²) >= 11 is 0. The molecule has 0 unspecified atom stereocenters. The normalized spacial score (nSPS) is 19.5. The minimum Gasteiger partial charge on any atom is -0.490 e. The van der Waals surface area contributed by atoms with E-state index in [4.69, 9.17) is 9.84 Å². The molecule has 0 radical (unpaired) electrons. The number of aliphatic carboxylic acids is 1. The van der Waals surface area contributed by atoms with Gasteiger partial charge in [0.15, 0.2) is 0 Å². The van der Waals surface area contributed by atoms with E-state index < -0.39 is 5.97 Å². The van der Waals surface area contributed by atoms with E-state index in [2.05, 4.69) is 10.6 Å². The largest absolute Gasteiger partial charge is 0.490 e. The molecule has 8 nitrogen and oxygen atoms in total. The molecular weight excluding hydrogens is 422 g/mol. The zero-order valence-corrected chi connectivity index (χ0v) is 18.5. The van der Waals surface area contributed by atoms with Gasteiger partial charge in [-0.15, -0.1) is 0 Å². The highest BCUT2D eigenvalue weighted by atomic mass is 16.5. The zero-order valence-electron chi connectivity index (χ0n) is 18.5. The van der Waals surface area contributed by atoms with Crippen LogP contribution in [0.5, 0.6) is 5.75 Å². The lowest BCUT2D eigenvalue weighted by atomic mass is 9.87. The van der Waals surface area contributed by atoms with Gasteiger partial charge in [0.2, 0.25) is 0 Å². The number of urea groups is 1. The SMILES string of the molecule is O=C(NCCNC(=O)N1CCc2ccccc21)c1ccc(OC2CCC(C(=O)O)CC2)cc1. The van der Waals surface area contributed by atoms with E-state index in [9.17, 15) is 14.4 Å². The number of amides is 3. The molecule has 1 aliphatic heterocycles. The van der Waals surface area contributed by atoms with Crippen molar-refractivity contribution in [3.05, 3.63) is 59.7 Å².